The minimum absolute atomic E-state index is 0.0343. The Morgan fingerprint density at radius 1 is 0.600 bits per heavy atom. The second kappa shape index (κ2) is 8.78. The van der Waals surface area contributed by atoms with Crippen molar-refractivity contribution in [3.8, 4) is 0 Å². The van der Waals surface area contributed by atoms with E-state index in [1.54, 1.807) is 0 Å². The summed E-state index contributed by atoms with van der Waals surface area (Å²) in [5.41, 5.74) is -4.40. The number of benzene rings is 2. The van der Waals surface area contributed by atoms with Crippen LogP contribution in [0, 0.1) is 66.2 Å². The standard InChI is InChI=1S/C22H11F9N2O2/c1-6-3-8(34-32-6)5-9-14(23)16(25)12(17(26)15(9)24)11(10-4-7(2)33-35-10)13-18(27)20(29)22(31)21(30)19(13)28/h3-4,11H,5H2,1-2H3. The third-order valence-electron chi connectivity index (χ3n) is 5.17. The molecular weight excluding hydrogens is 495 g/mol. The van der Waals surface area contributed by atoms with Gasteiger partial charge in [0.25, 0.3) is 0 Å². The van der Waals surface area contributed by atoms with Crippen molar-refractivity contribution < 1.29 is 48.6 Å². The summed E-state index contributed by atoms with van der Waals surface area (Å²) < 4.78 is 140. The van der Waals surface area contributed by atoms with Gasteiger partial charge in [-0.25, -0.2) is 39.5 Å². The van der Waals surface area contributed by atoms with Crippen molar-refractivity contribution in [1.29, 1.82) is 0 Å². The molecular formula is C22H11F9N2O2. The number of hydrogen-bond donors (Lipinski definition) is 0. The first-order valence-electron chi connectivity index (χ1n) is 9.65. The van der Waals surface area contributed by atoms with Crippen molar-refractivity contribution >= 4 is 0 Å². The normalized spacial score (nSPS) is 12.4. The van der Waals surface area contributed by atoms with Crippen molar-refractivity contribution in [2.75, 3.05) is 0 Å². The van der Waals surface area contributed by atoms with Crippen molar-refractivity contribution in [1.82, 2.24) is 10.3 Å². The zero-order valence-corrected chi connectivity index (χ0v) is 17.6. The van der Waals surface area contributed by atoms with E-state index in [2.05, 4.69) is 10.3 Å². The Labute approximate surface area is 189 Å². The third kappa shape index (κ3) is 3.94. The van der Waals surface area contributed by atoms with E-state index >= 15 is 8.78 Å². The molecule has 4 nitrogen and oxygen atoms in total. The van der Waals surface area contributed by atoms with Crippen LogP contribution in [0.15, 0.2) is 21.2 Å². The molecule has 13 heteroatoms. The Morgan fingerprint density at radius 2 is 1.03 bits per heavy atom. The molecule has 1 atom stereocenters. The van der Waals surface area contributed by atoms with Crippen molar-refractivity contribution in [2.45, 2.75) is 26.2 Å². The summed E-state index contributed by atoms with van der Waals surface area (Å²) in [6.45, 7) is 2.73. The van der Waals surface area contributed by atoms with Crippen LogP contribution in [-0.4, -0.2) is 10.3 Å². The quantitative estimate of drug-likeness (QED) is 0.181. The molecule has 0 saturated heterocycles. The lowest BCUT2D eigenvalue weighted by molar-refractivity contribution is 0.342. The maximum absolute atomic E-state index is 15.2. The monoisotopic (exact) mass is 506 g/mol. The molecule has 4 aromatic rings. The SMILES string of the molecule is Cc1cc(Cc2c(F)c(F)c(C(c3cc(C)no3)c3c(F)c(F)c(F)c(F)c3F)c(F)c2F)on1. The Hall–Kier alpha value is -3.77. The van der Waals surface area contributed by atoms with Gasteiger partial charge in [0.05, 0.1) is 17.3 Å². The van der Waals surface area contributed by atoms with E-state index in [0.717, 1.165) is 6.07 Å². The highest BCUT2D eigenvalue weighted by atomic mass is 19.2. The van der Waals surface area contributed by atoms with Gasteiger partial charge >= 0.3 is 0 Å². The lowest BCUT2D eigenvalue weighted by atomic mass is 9.85. The molecule has 0 radical (unpaired) electrons. The Morgan fingerprint density at radius 3 is 1.46 bits per heavy atom. The predicted molar refractivity (Wildman–Crippen MR) is 98.7 cm³/mol. The van der Waals surface area contributed by atoms with Crippen LogP contribution in [0.25, 0.3) is 0 Å². The van der Waals surface area contributed by atoms with E-state index in [4.69, 9.17) is 9.05 Å². The van der Waals surface area contributed by atoms with E-state index in [-0.39, 0.29) is 11.5 Å². The fourth-order valence-corrected chi connectivity index (χ4v) is 3.60. The van der Waals surface area contributed by atoms with Gasteiger partial charge in [-0.3, -0.25) is 0 Å². The van der Waals surface area contributed by atoms with E-state index in [1.165, 1.54) is 19.9 Å². The highest BCUT2D eigenvalue weighted by Gasteiger charge is 2.39. The average molecular weight is 506 g/mol. The second-order valence-corrected chi connectivity index (χ2v) is 7.55. The molecule has 0 saturated carbocycles. The van der Waals surface area contributed by atoms with E-state index in [1.807, 2.05) is 0 Å². The topological polar surface area (TPSA) is 52.1 Å². The highest BCUT2D eigenvalue weighted by Crippen LogP contribution is 2.42. The molecule has 0 aliphatic rings. The lowest BCUT2D eigenvalue weighted by Crippen LogP contribution is -2.18. The summed E-state index contributed by atoms with van der Waals surface area (Å²) in [7, 11) is 0. The van der Waals surface area contributed by atoms with Gasteiger partial charge in [-0.1, -0.05) is 10.3 Å². The van der Waals surface area contributed by atoms with E-state index < -0.39 is 87.1 Å². The van der Waals surface area contributed by atoms with Crippen molar-refractivity contribution in [3.63, 3.8) is 0 Å². The molecule has 0 N–H and O–H groups in total. The molecule has 0 bridgehead atoms. The number of aryl methyl sites for hydroxylation is 2. The van der Waals surface area contributed by atoms with Gasteiger partial charge < -0.3 is 9.05 Å². The van der Waals surface area contributed by atoms with Gasteiger partial charge in [-0.05, 0) is 13.8 Å². The Balaban J connectivity index is 2.02. The molecule has 1 unspecified atom stereocenters. The van der Waals surface area contributed by atoms with Gasteiger partial charge in [-0.15, -0.1) is 0 Å². The molecule has 2 aromatic carbocycles. The van der Waals surface area contributed by atoms with Gasteiger partial charge in [-0.2, -0.15) is 0 Å². The maximum atomic E-state index is 15.2. The minimum atomic E-state index is -2.65. The molecule has 0 aliphatic heterocycles. The highest BCUT2D eigenvalue weighted by molar-refractivity contribution is 5.45. The molecule has 0 fully saturated rings. The zero-order valence-electron chi connectivity index (χ0n) is 17.6. The third-order valence-corrected chi connectivity index (χ3v) is 5.17. The summed E-state index contributed by atoms with van der Waals surface area (Å²) >= 11 is 0. The number of hydrogen-bond acceptors (Lipinski definition) is 4. The second-order valence-electron chi connectivity index (χ2n) is 7.55. The summed E-state index contributed by atoms with van der Waals surface area (Å²) in [6.07, 6.45) is -0.804. The number of rotatable bonds is 5. The number of aromatic nitrogens is 2. The fraction of sp³-hybridized carbons (Fsp3) is 0.182. The number of nitrogens with zero attached hydrogens (tertiary/aromatic N) is 2. The molecule has 2 heterocycles. The molecule has 2 aromatic heterocycles. The van der Waals surface area contributed by atoms with Crippen LogP contribution >= 0.6 is 0 Å². The molecule has 4 rings (SSSR count). The molecule has 35 heavy (non-hydrogen) atoms. The summed E-state index contributed by atoms with van der Waals surface area (Å²) in [5, 5.41) is 6.83. The Bertz CT molecular complexity index is 1400. The van der Waals surface area contributed by atoms with Crippen LogP contribution < -0.4 is 0 Å². The zero-order chi connectivity index (χ0) is 25.8. The summed E-state index contributed by atoms with van der Waals surface area (Å²) in [4.78, 5) is 0. The largest absolute Gasteiger partial charge is 0.361 e. The van der Waals surface area contributed by atoms with Gasteiger partial charge in [0.15, 0.2) is 46.5 Å². The maximum Gasteiger partial charge on any atom is 0.200 e. The minimum Gasteiger partial charge on any atom is -0.361 e. The van der Waals surface area contributed by atoms with Gasteiger partial charge in [0, 0.05) is 35.2 Å². The van der Waals surface area contributed by atoms with Gasteiger partial charge in [0.1, 0.15) is 11.5 Å². The van der Waals surface area contributed by atoms with Crippen LogP contribution in [0.5, 0.6) is 0 Å². The molecule has 0 amide bonds. The molecule has 0 aliphatic carbocycles. The number of halogens is 9. The van der Waals surface area contributed by atoms with Crippen molar-refractivity contribution in [2.24, 2.45) is 0 Å². The smallest absolute Gasteiger partial charge is 0.200 e. The fourth-order valence-electron chi connectivity index (χ4n) is 3.60. The Kier molecular flexibility index (Phi) is 6.11. The van der Waals surface area contributed by atoms with Crippen LogP contribution in [0.1, 0.15) is 45.5 Å². The first-order chi connectivity index (χ1) is 16.4. The predicted octanol–water partition coefficient (Wildman–Crippen LogP) is 6.30. The van der Waals surface area contributed by atoms with E-state index in [0.29, 0.717) is 5.69 Å². The van der Waals surface area contributed by atoms with Crippen LogP contribution in [0.4, 0.5) is 39.5 Å². The molecule has 0 spiro atoms. The summed E-state index contributed by atoms with van der Waals surface area (Å²) in [5.74, 6) is -24.4. The first kappa shape index (κ1) is 24.4. The average Bonchev–Trinajstić information content (AvgIpc) is 3.44. The van der Waals surface area contributed by atoms with E-state index in [9.17, 15) is 30.7 Å². The van der Waals surface area contributed by atoms with Crippen LogP contribution in [0.2, 0.25) is 0 Å². The van der Waals surface area contributed by atoms with Gasteiger partial charge in [0.2, 0.25) is 5.82 Å². The van der Waals surface area contributed by atoms with Crippen LogP contribution in [-0.2, 0) is 6.42 Å². The lowest BCUT2D eigenvalue weighted by Gasteiger charge is -2.20. The summed E-state index contributed by atoms with van der Waals surface area (Å²) in [6, 6.07) is 2.08. The van der Waals surface area contributed by atoms with Crippen molar-refractivity contribution in [3.05, 3.63) is 104 Å². The molecule has 184 valence electrons. The first-order valence-corrected chi connectivity index (χ1v) is 9.65. The van der Waals surface area contributed by atoms with Crippen LogP contribution in [0.3, 0.4) is 0 Å².